The highest BCUT2D eigenvalue weighted by atomic mass is 32.2. The van der Waals surface area contributed by atoms with Crippen LogP contribution in [0.3, 0.4) is 0 Å². The molecule has 3 heterocycles. The van der Waals surface area contributed by atoms with Gasteiger partial charge in [0.2, 0.25) is 0 Å². The molecule has 1 aromatic carbocycles. The van der Waals surface area contributed by atoms with Crippen LogP contribution < -0.4 is 9.47 Å². The Labute approximate surface area is 194 Å². The molecule has 162 valence electrons. The highest BCUT2D eigenvalue weighted by Gasteiger charge is 2.23. The molecule has 0 spiro atoms. The second-order valence-electron chi connectivity index (χ2n) is 7.92. The number of unbranched alkanes of at least 4 members (excludes halogenated alkanes) is 4. The van der Waals surface area contributed by atoms with E-state index in [0.29, 0.717) is 0 Å². The van der Waals surface area contributed by atoms with Crippen LogP contribution in [0, 0.1) is 0 Å². The van der Waals surface area contributed by atoms with Crippen molar-refractivity contribution in [2.45, 2.75) is 63.8 Å². The van der Waals surface area contributed by atoms with Crippen molar-refractivity contribution in [2.24, 2.45) is 0 Å². The first-order chi connectivity index (χ1) is 15.3. The molecule has 0 saturated carbocycles. The summed E-state index contributed by atoms with van der Waals surface area (Å²) in [6, 6.07) is 13.0. The van der Waals surface area contributed by atoms with E-state index in [1.807, 2.05) is 35.4 Å². The SMILES string of the molecule is CCCCCN1/C(=C/C=C/c2sc3cccnc3[n+]2CCCCC)Sc2ccccc21. The van der Waals surface area contributed by atoms with Gasteiger partial charge in [-0.3, -0.25) is 0 Å². The number of anilines is 1. The predicted octanol–water partition coefficient (Wildman–Crippen LogP) is 7.43. The lowest BCUT2D eigenvalue weighted by Crippen LogP contribution is -2.35. The molecule has 31 heavy (non-hydrogen) atoms. The van der Waals surface area contributed by atoms with Gasteiger partial charge in [-0.15, -0.1) is 0 Å². The summed E-state index contributed by atoms with van der Waals surface area (Å²) in [6.45, 7) is 6.64. The predicted molar refractivity (Wildman–Crippen MR) is 136 cm³/mol. The number of hydrogen-bond donors (Lipinski definition) is 0. The van der Waals surface area contributed by atoms with Crippen LogP contribution in [0.25, 0.3) is 16.4 Å². The summed E-state index contributed by atoms with van der Waals surface area (Å²) >= 11 is 3.72. The van der Waals surface area contributed by atoms with Crippen LogP contribution in [-0.4, -0.2) is 11.5 Å². The van der Waals surface area contributed by atoms with Gasteiger partial charge in [-0.2, -0.15) is 0 Å². The van der Waals surface area contributed by atoms with Crippen molar-refractivity contribution in [2.75, 3.05) is 11.4 Å². The molecule has 0 aliphatic carbocycles. The molecular weight excluding hydrogens is 418 g/mol. The van der Waals surface area contributed by atoms with E-state index in [-0.39, 0.29) is 0 Å². The van der Waals surface area contributed by atoms with E-state index in [1.54, 1.807) is 0 Å². The van der Waals surface area contributed by atoms with Gasteiger partial charge in [0.25, 0.3) is 0 Å². The van der Waals surface area contributed by atoms with Crippen LogP contribution >= 0.6 is 23.1 Å². The highest BCUT2D eigenvalue weighted by molar-refractivity contribution is 8.03. The number of aromatic nitrogens is 2. The fourth-order valence-electron chi connectivity index (χ4n) is 3.94. The molecule has 3 nitrogen and oxygen atoms in total. The van der Waals surface area contributed by atoms with Crippen molar-refractivity contribution in [3.05, 3.63) is 64.8 Å². The lowest BCUT2D eigenvalue weighted by atomic mass is 10.2. The lowest BCUT2D eigenvalue weighted by Gasteiger charge is -2.20. The van der Waals surface area contributed by atoms with E-state index in [4.69, 9.17) is 0 Å². The van der Waals surface area contributed by atoms with Crippen molar-refractivity contribution < 1.29 is 4.57 Å². The fourth-order valence-corrected chi connectivity index (χ4v) is 6.10. The number of rotatable bonds is 10. The monoisotopic (exact) mass is 450 g/mol. The minimum Gasteiger partial charge on any atom is -0.335 e. The van der Waals surface area contributed by atoms with Gasteiger partial charge in [0.15, 0.2) is 5.01 Å². The van der Waals surface area contributed by atoms with E-state index in [9.17, 15) is 0 Å². The molecule has 4 rings (SSSR count). The Hall–Kier alpha value is -2.11. The van der Waals surface area contributed by atoms with E-state index in [2.05, 4.69) is 76.9 Å². The van der Waals surface area contributed by atoms with E-state index in [0.717, 1.165) is 18.7 Å². The van der Waals surface area contributed by atoms with Crippen LogP contribution in [-0.2, 0) is 6.54 Å². The Balaban J connectivity index is 1.58. The third-order valence-corrected chi connectivity index (χ3v) is 7.81. The number of allylic oxidation sites excluding steroid dienone is 2. The average Bonchev–Trinajstić information content (AvgIpc) is 3.32. The summed E-state index contributed by atoms with van der Waals surface area (Å²) in [7, 11) is 0. The van der Waals surface area contributed by atoms with Gasteiger partial charge in [-0.05, 0) is 60.7 Å². The molecule has 2 aromatic heterocycles. The van der Waals surface area contributed by atoms with Crippen LogP contribution in [0.4, 0.5) is 5.69 Å². The van der Waals surface area contributed by atoms with Crippen molar-refractivity contribution in [3.63, 3.8) is 0 Å². The highest BCUT2D eigenvalue weighted by Crippen LogP contribution is 2.45. The minimum absolute atomic E-state index is 1.03. The first-order valence-corrected chi connectivity index (χ1v) is 13.1. The summed E-state index contributed by atoms with van der Waals surface area (Å²) in [5.41, 5.74) is 2.46. The maximum Gasteiger partial charge on any atom is 0.341 e. The molecule has 1 aliphatic heterocycles. The molecular formula is C26H32N3S2+. The molecule has 0 N–H and O–H groups in total. The molecule has 3 aromatic rings. The number of benzene rings is 1. The van der Waals surface area contributed by atoms with E-state index in [1.165, 1.54) is 63.8 Å². The summed E-state index contributed by atoms with van der Waals surface area (Å²) < 4.78 is 3.65. The van der Waals surface area contributed by atoms with Gasteiger partial charge in [-0.1, -0.05) is 74.4 Å². The number of nitrogens with zero attached hydrogens (tertiary/aromatic N) is 3. The zero-order valence-corrected chi connectivity index (χ0v) is 20.2. The maximum atomic E-state index is 4.66. The lowest BCUT2D eigenvalue weighted by molar-refractivity contribution is -0.671. The normalized spacial score (nSPS) is 14.9. The molecule has 0 bridgehead atoms. The molecule has 0 amide bonds. The van der Waals surface area contributed by atoms with Crippen LogP contribution in [0.2, 0.25) is 0 Å². The maximum absolute atomic E-state index is 4.66. The smallest absolute Gasteiger partial charge is 0.335 e. The molecule has 0 radical (unpaired) electrons. The standard InChI is InChI=1S/C26H32N3S2/c1-3-5-9-19-28-21-13-7-8-14-22(21)30-24(28)16-11-17-25-29(20-10-6-4-2)26-23(31-25)15-12-18-27-26/h7-8,11-18H,3-6,9-10,19-20H2,1-2H3/q+1. The number of aryl methyl sites for hydroxylation is 1. The van der Waals surface area contributed by atoms with Gasteiger partial charge in [0, 0.05) is 11.4 Å². The van der Waals surface area contributed by atoms with Crippen molar-refractivity contribution in [3.8, 4) is 0 Å². The van der Waals surface area contributed by atoms with Gasteiger partial charge in [0.1, 0.15) is 10.9 Å². The number of pyridine rings is 1. The van der Waals surface area contributed by atoms with Crippen molar-refractivity contribution in [1.29, 1.82) is 0 Å². The van der Waals surface area contributed by atoms with Crippen molar-refractivity contribution >= 4 is 45.2 Å². The zero-order valence-electron chi connectivity index (χ0n) is 18.6. The third-order valence-electron chi connectivity index (χ3n) is 5.57. The summed E-state index contributed by atoms with van der Waals surface area (Å²) in [5.74, 6) is 0. The average molecular weight is 451 g/mol. The third kappa shape index (κ3) is 5.21. The number of hydrogen-bond acceptors (Lipinski definition) is 4. The van der Waals surface area contributed by atoms with E-state index >= 15 is 0 Å². The molecule has 5 heteroatoms. The summed E-state index contributed by atoms with van der Waals surface area (Å²) in [4.78, 5) is 8.51. The van der Waals surface area contributed by atoms with Gasteiger partial charge >= 0.3 is 5.65 Å². The number of fused-ring (bicyclic) bond motifs is 2. The second kappa shape index (κ2) is 11.0. The topological polar surface area (TPSA) is 20.0 Å². The molecule has 0 saturated heterocycles. The molecule has 0 fully saturated rings. The largest absolute Gasteiger partial charge is 0.341 e. The van der Waals surface area contributed by atoms with Crippen LogP contribution in [0.5, 0.6) is 0 Å². The van der Waals surface area contributed by atoms with Gasteiger partial charge in [0.05, 0.1) is 17.3 Å². The molecule has 1 aliphatic rings. The first-order valence-electron chi connectivity index (χ1n) is 11.5. The Kier molecular flexibility index (Phi) is 7.81. The first kappa shape index (κ1) is 22.1. The zero-order chi connectivity index (χ0) is 21.5. The Morgan fingerprint density at radius 1 is 1.00 bits per heavy atom. The molecule has 0 unspecified atom stereocenters. The number of para-hydroxylation sites is 1. The van der Waals surface area contributed by atoms with Crippen LogP contribution in [0.1, 0.15) is 57.4 Å². The van der Waals surface area contributed by atoms with Gasteiger partial charge < -0.3 is 4.90 Å². The fraction of sp³-hybridized carbons (Fsp3) is 0.385. The Morgan fingerprint density at radius 3 is 2.71 bits per heavy atom. The van der Waals surface area contributed by atoms with Crippen LogP contribution in [0.15, 0.2) is 64.7 Å². The van der Waals surface area contributed by atoms with Crippen molar-refractivity contribution in [1.82, 2.24) is 4.98 Å². The van der Waals surface area contributed by atoms with Gasteiger partial charge in [-0.25, -0.2) is 4.57 Å². The Morgan fingerprint density at radius 2 is 1.84 bits per heavy atom. The number of thiazole rings is 1. The number of thioether (sulfide) groups is 1. The molecule has 0 atom stereocenters. The summed E-state index contributed by atoms with van der Waals surface area (Å²) in [5, 5.41) is 2.60. The Bertz CT molecular complexity index is 1070. The quantitative estimate of drug-likeness (QED) is 0.236. The minimum atomic E-state index is 1.03. The summed E-state index contributed by atoms with van der Waals surface area (Å²) in [6.07, 6.45) is 16.1. The second-order valence-corrected chi connectivity index (χ2v) is 10.0. The van der Waals surface area contributed by atoms with E-state index < -0.39 is 0 Å².